The van der Waals surface area contributed by atoms with Gasteiger partial charge in [0.05, 0.1) is 24.0 Å². The molecule has 3 aliphatic rings. The van der Waals surface area contributed by atoms with Gasteiger partial charge in [0.1, 0.15) is 11.6 Å². The molecule has 3 amide bonds. The van der Waals surface area contributed by atoms with E-state index in [0.29, 0.717) is 18.7 Å². The fourth-order valence-corrected chi connectivity index (χ4v) is 6.82. The highest BCUT2D eigenvalue weighted by molar-refractivity contribution is 6.03. The molecule has 3 aliphatic heterocycles. The highest BCUT2D eigenvalue weighted by atomic mass is 16.5. The van der Waals surface area contributed by atoms with E-state index >= 15 is 0 Å². The van der Waals surface area contributed by atoms with Crippen LogP contribution in [0, 0.1) is 17.8 Å². The maximum Gasteiger partial charge on any atom is 0.248 e. The number of benzene rings is 1. The monoisotopic (exact) mass is 509 g/mol. The second kappa shape index (κ2) is 10.1. The van der Waals surface area contributed by atoms with Crippen LogP contribution in [-0.4, -0.2) is 82.2 Å². The van der Waals surface area contributed by atoms with E-state index in [1.54, 1.807) is 22.0 Å². The molecule has 8 heteroatoms. The number of nitrogens with zero attached hydrogens (tertiary/aromatic N) is 3. The first-order valence-corrected chi connectivity index (χ1v) is 13.1. The first-order valence-electron chi connectivity index (χ1n) is 13.1. The fraction of sp³-hybridized carbons (Fsp3) is 0.552. The van der Waals surface area contributed by atoms with Crippen LogP contribution in [0.4, 0.5) is 5.69 Å². The van der Waals surface area contributed by atoms with Gasteiger partial charge >= 0.3 is 0 Å². The lowest BCUT2D eigenvalue weighted by Crippen LogP contribution is -2.58. The van der Waals surface area contributed by atoms with Crippen molar-refractivity contribution in [3.63, 3.8) is 0 Å². The smallest absolute Gasteiger partial charge is 0.248 e. The first-order chi connectivity index (χ1) is 17.6. The van der Waals surface area contributed by atoms with Crippen LogP contribution >= 0.6 is 0 Å². The Morgan fingerprint density at radius 1 is 1.19 bits per heavy atom. The molecule has 37 heavy (non-hydrogen) atoms. The molecular formula is C29H39N3O5. The number of aliphatic hydroxyl groups excluding tert-OH is 1. The van der Waals surface area contributed by atoms with Crippen LogP contribution < -0.4 is 4.90 Å². The second-order valence-corrected chi connectivity index (χ2v) is 10.9. The third-order valence-corrected chi connectivity index (χ3v) is 8.53. The summed E-state index contributed by atoms with van der Waals surface area (Å²) in [6.45, 7) is 15.7. The van der Waals surface area contributed by atoms with Gasteiger partial charge in [-0.2, -0.15) is 0 Å². The maximum absolute atomic E-state index is 14.3. The Hall–Kier alpha value is -2.97. The third kappa shape index (κ3) is 4.01. The van der Waals surface area contributed by atoms with Crippen LogP contribution in [0.1, 0.15) is 34.1 Å². The van der Waals surface area contributed by atoms with Crippen molar-refractivity contribution >= 4 is 23.4 Å². The molecule has 3 unspecified atom stereocenters. The zero-order valence-electron chi connectivity index (χ0n) is 22.3. The minimum atomic E-state index is -1.15. The summed E-state index contributed by atoms with van der Waals surface area (Å²) in [4.78, 5) is 47.2. The van der Waals surface area contributed by atoms with Gasteiger partial charge in [-0.25, -0.2) is 0 Å². The van der Waals surface area contributed by atoms with Crippen molar-refractivity contribution in [3.05, 3.63) is 55.6 Å². The van der Waals surface area contributed by atoms with Gasteiger partial charge in [0.15, 0.2) is 0 Å². The summed E-state index contributed by atoms with van der Waals surface area (Å²) in [6, 6.07) is 8.26. The number of hydrogen-bond donors (Lipinski definition) is 1. The number of para-hydroxylation sites is 1. The van der Waals surface area contributed by atoms with Gasteiger partial charge in [0, 0.05) is 31.4 Å². The Balaban J connectivity index is 1.83. The van der Waals surface area contributed by atoms with Crippen molar-refractivity contribution < 1.29 is 24.2 Å². The number of likely N-dealkylation sites (tertiary alicyclic amines) is 1. The maximum atomic E-state index is 14.3. The van der Waals surface area contributed by atoms with Crippen LogP contribution in [0.3, 0.4) is 0 Å². The molecule has 1 N–H and O–H groups in total. The molecule has 4 rings (SSSR count). The van der Waals surface area contributed by atoms with Gasteiger partial charge in [0.25, 0.3) is 0 Å². The average Bonchev–Trinajstić information content (AvgIpc) is 3.37. The molecule has 200 valence electrons. The van der Waals surface area contributed by atoms with E-state index in [9.17, 15) is 19.5 Å². The Bertz CT molecular complexity index is 1070. The minimum absolute atomic E-state index is 0.00205. The number of anilines is 1. The Labute approximate surface area is 219 Å². The van der Waals surface area contributed by atoms with E-state index in [4.69, 9.17) is 4.74 Å². The van der Waals surface area contributed by atoms with Crippen molar-refractivity contribution in [2.75, 3.05) is 31.1 Å². The summed E-state index contributed by atoms with van der Waals surface area (Å²) in [5.74, 6) is -2.44. The third-order valence-electron chi connectivity index (χ3n) is 8.53. The van der Waals surface area contributed by atoms with E-state index in [-0.39, 0.29) is 49.4 Å². The summed E-state index contributed by atoms with van der Waals surface area (Å²) in [5.41, 5.74) is -1.36. The van der Waals surface area contributed by atoms with Crippen molar-refractivity contribution in [2.45, 2.75) is 57.4 Å². The molecule has 3 heterocycles. The molecule has 3 saturated heterocycles. The number of β-amino-alcohol motifs (C(OH)–C–C–N with tert-alkyl or cyclic N) is 1. The number of rotatable bonds is 10. The number of aliphatic hydroxyl groups is 1. The van der Waals surface area contributed by atoms with Gasteiger partial charge in [-0.3, -0.25) is 14.4 Å². The summed E-state index contributed by atoms with van der Waals surface area (Å²) in [6.07, 6.45) is 3.81. The van der Waals surface area contributed by atoms with Crippen molar-refractivity contribution in [1.29, 1.82) is 0 Å². The van der Waals surface area contributed by atoms with Crippen molar-refractivity contribution in [1.82, 2.24) is 9.80 Å². The molecule has 3 fully saturated rings. The quantitative estimate of drug-likeness (QED) is 0.490. The van der Waals surface area contributed by atoms with Gasteiger partial charge < -0.3 is 24.5 Å². The highest BCUT2D eigenvalue weighted by Gasteiger charge is 2.80. The molecular weight excluding hydrogens is 470 g/mol. The molecule has 0 aliphatic carbocycles. The largest absolute Gasteiger partial charge is 0.395 e. The lowest BCUT2D eigenvalue weighted by Gasteiger charge is -2.39. The number of amides is 3. The molecule has 0 aromatic heterocycles. The van der Waals surface area contributed by atoms with Gasteiger partial charge in [-0.05, 0) is 45.2 Å². The lowest BCUT2D eigenvalue weighted by atomic mass is 9.62. The Morgan fingerprint density at radius 2 is 1.84 bits per heavy atom. The van der Waals surface area contributed by atoms with Gasteiger partial charge in [-0.1, -0.05) is 37.3 Å². The summed E-state index contributed by atoms with van der Waals surface area (Å²) in [7, 11) is 0. The molecule has 0 radical (unpaired) electrons. The molecule has 2 bridgehead atoms. The number of hydrogen-bond acceptors (Lipinski definition) is 5. The normalized spacial score (nSPS) is 31.9. The SMILES string of the molecule is C=CCN(C(=O)[C@H]1[C@H]2C(=O)N(CCO)C(C(=O)N(CC=C)C(C)C)C23CC(C)[C@]1(C)O3)c1ccccc1. The second-order valence-electron chi connectivity index (χ2n) is 10.9. The van der Waals surface area contributed by atoms with Crippen molar-refractivity contribution in [2.24, 2.45) is 17.8 Å². The topological polar surface area (TPSA) is 90.4 Å². The minimum Gasteiger partial charge on any atom is -0.395 e. The van der Waals surface area contributed by atoms with Crippen LogP contribution in [0.25, 0.3) is 0 Å². The van der Waals surface area contributed by atoms with E-state index < -0.39 is 29.1 Å². The Morgan fingerprint density at radius 3 is 2.41 bits per heavy atom. The lowest BCUT2D eigenvalue weighted by molar-refractivity contribution is -0.153. The number of fused-ring (bicyclic) bond motifs is 1. The van der Waals surface area contributed by atoms with Gasteiger partial charge in [0.2, 0.25) is 17.7 Å². The zero-order valence-corrected chi connectivity index (χ0v) is 22.3. The molecule has 1 aromatic carbocycles. The van der Waals surface area contributed by atoms with Crippen molar-refractivity contribution in [3.8, 4) is 0 Å². The molecule has 8 nitrogen and oxygen atoms in total. The Kier molecular flexibility index (Phi) is 7.36. The van der Waals surface area contributed by atoms with E-state index in [1.807, 2.05) is 58.0 Å². The van der Waals surface area contributed by atoms with Crippen LogP contribution in [-0.2, 0) is 19.1 Å². The number of carbonyl (C=O) groups excluding carboxylic acids is 3. The zero-order chi connectivity index (χ0) is 27.1. The highest BCUT2D eigenvalue weighted by Crippen LogP contribution is 2.65. The molecule has 6 atom stereocenters. The van der Waals surface area contributed by atoms with E-state index in [1.165, 1.54) is 4.90 Å². The first kappa shape index (κ1) is 27.1. The number of carbonyl (C=O) groups is 3. The predicted molar refractivity (Wildman–Crippen MR) is 142 cm³/mol. The van der Waals surface area contributed by atoms with Gasteiger partial charge in [-0.15, -0.1) is 13.2 Å². The summed E-state index contributed by atoms with van der Waals surface area (Å²) >= 11 is 0. The number of ether oxygens (including phenoxy) is 1. The standard InChI is InChI=1S/C29H39N3O5/c1-7-14-30(19(3)4)27(36)24-29-18-20(5)28(6,37-29)22(23(29)26(35)32(24)16-17-33)25(34)31(15-8-2)21-12-10-9-11-13-21/h7-13,19-20,22-24,33H,1-2,14-18H2,3-6H3/t20?,22-,23+,24?,28+,29?/m1/s1. The van der Waals surface area contributed by atoms with Crippen LogP contribution in [0.2, 0.25) is 0 Å². The molecule has 0 saturated carbocycles. The fourth-order valence-electron chi connectivity index (χ4n) is 6.82. The van der Waals surface area contributed by atoms with E-state index in [0.717, 1.165) is 0 Å². The molecule has 1 aromatic rings. The van der Waals surface area contributed by atoms with Crippen LogP contribution in [0.5, 0.6) is 0 Å². The summed E-state index contributed by atoms with van der Waals surface area (Å²) in [5, 5.41) is 9.85. The summed E-state index contributed by atoms with van der Waals surface area (Å²) < 4.78 is 6.78. The van der Waals surface area contributed by atoms with Crippen LogP contribution in [0.15, 0.2) is 55.6 Å². The molecule has 1 spiro atoms. The predicted octanol–water partition coefficient (Wildman–Crippen LogP) is 2.63. The average molecular weight is 510 g/mol. The van der Waals surface area contributed by atoms with E-state index in [2.05, 4.69) is 13.2 Å².